The van der Waals surface area contributed by atoms with Crippen molar-refractivity contribution in [2.45, 2.75) is 84.8 Å². The van der Waals surface area contributed by atoms with Crippen LogP contribution in [0, 0.1) is 11.3 Å². The quantitative estimate of drug-likeness (QED) is 0.238. The van der Waals surface area contributed by atoms with Crippen molar-refractivity contribution >= 4 is 14.3 Å². The predicted octanol–water partition coefficient (Wildman–Crippen LogP) is 5.14. The number of esters is 1. The van der Waals surface area contributed by atoms with Crippen molar-refractivity contribution in [3.05, 3.63) is 35.9 Å². The molecule has 1 fully saturated rings. The maximum absolute atomic E-state index is 12.4. The van der Waals surface area contributed by atoms with E-state index in [1.165, 1.54) is 0 Å². The van der Waals surface area contributed by atoms with Gasteiger partial charge in [-0.25, -0.2) is 0 Å². The minimum Gasteiger partial charge on any atom is -0.463 e. The van der Waals surface area contributed by atoms with E-state index >= 15 is 0 Å². The van der Waals surface area contributed by atoms with Crippen molar-refractivity contribution in [2.75, 3.05) is 27.1 Å². The Labute approximate surface area is 206 Å². The molecule has 34 heavy (non-hydrogen) atoms. The molecule has 0 aromatic heterocycles. The highest BCUT2D eigenvalue weighted by Crippen LogP contribution is 2.39. The van der Waals surface area contributed by atoms with Crippen molar-refractivity contribution in [3.8, 4) is 0 Å². The smallest absolute Gasteiger partial charge is 0.311 e. The lowest BCUT2D eigenvalue weighted by Gasteiger charge is -2.38. The van der Waals surface area contributed by atoms with Crippen LogP contribution in [-0.4, -0.2) is 59.9 Å². The van der Waals surface area contributed by atoms with Gasteiger partial charge in [-0.15, -0.1) is 0 Å². The van der Waals surface area contributed by atoms with Crippen molar-refractivity contribution < 1.29 is 32.9 Å². The summed E-state index contributed by atoms with van der Waals surface area (Å²) < 4.78 is 35.8. The highest BCUT2D eigenvalue weighted by molar-refractivity contribution is 6.74. The Hall–Kier alpha value is -1.29. The van der Waals surface area contributed by atoms with E-state index in [0.717, 1.165) is 5.56 Å². The van der Waals surface area contributed by atoms with Crippen molar-refractivity contribution in [1.29, 1.82) is 0 Å². The first kappa shape index (κ1) is 28.9. The molecule has 1 aromatic carbocycles. The molecule has 194 valence electrons. The fourth-order valence-corrected chi connectivity index (χ4v) is 4.30. The zero-order valence-electron chi connectivity index (χ0n) is 22.4. The number of rotatable bonds is 11. The van der Waals surface area contributed by atoms with Gasteiger partial charge in [-0.2, -0.15) is 0 Å². The average molecular weight is 497 g/mol. The molecule has 1 saturated heterocycles. The second kappa shape index (κ2) is 12.1. The van der Waals surface area contributed by atoms with Gasteiger partial charge >= 0.3 is 5.97 Å². The maximum atomic E-state index is 12.4. The van der Waals surface area contributed by atoms with E-state index in [2.05, 4.69) is 33.9 Å². The van der Waals surface area contributed by atoms with Gasteiger partial charge < -0.3 is 28.1 Å². The van der Waals surface area contributed by atoms with Crippen molar-refractivity contribution in [3.63, 3.8) is 0 Å². The third-order valence-electron chi connectivity index (χ3n) is 6.55. The normalized spacial score (nSPS) is 23.8. The van der Waals surface area contributed by atoms with Gasteiger partial charge in [-0.3, -0.25) is 4.79 Å². The standard InChI is InChI=1S/C26H44O7Si/c1-25(2,3)24(27)30-17-21-20(16-32-34(8,9)26(4,5)6)22(31-18-28-7)23(33-21)29-15-19-13-11-10-12-14-19/h10-14,20-23H,15-18H2,1-9H3/t20-,21+,22-,23-/m0/s1. The van der Waals surface area contributed by atoms with E-state index in [9.17, 15) is 4.79 Å². The van der Waals surface area contributed by atoms with E-state index in [0.29, 0.717) is 13.2 Å². The highest BCUT2D eigenvalue weighted by Gasteiger charge is 2.48. The fourth-order valence-electron chi connectivity index (χ4n) is 3.26. The largest absolute Gasteiger partial charge is 0.463 e. The van der Waals surface area contributed by atoms with E-state index in [1.54, 1.807) is 7.11 Å². The molecule has 0 spiro atoms. The first-order chi connectivity index (χ1) is 15.8. The summed E-state index contributed by atoms with van der Waals surface area (Å²) in [5.41, 5.74) is 0.439. The monoisotopic (exact) mass is 496 g/mol. The van der Waals surface area contributed by atoms with Crippen molar-refractivity contribution in [2.24, 2.45) is 11.3 Å². The zero-order chi connectivity index (χ0) is 25.6. The lowest BCUT2D eigenvalue weighted by atomic mass is 9.97. The molecule has 0 unspecified atom stereocenters. The second-order valence-corrected chi connectivity index (χ2v) is 16.3. The third-order valence-corrected chi connectivity index (χ3v) is 11.0. The SMILES string of the molecule is COCO[C@@H]1[C@@H](OCc2ccccc2)O[C@H](COC(=O)C(C)(C)C)[C@@H]1CO[Si](C)(C)C(C)(C)C. The van der Waals surface area contributed by atoms with E-state index in [-0.39, 0.29) is 30.3 Å². The summed E-state index contributed by atoms with van der Waals surface area (Å²) in [4.78, 5) is 12.4. The first-order valence-electron chi connectivity index (χ1n) is 12.0. The Kier molecular flexibility index (Phi) is 10.3. The van der Waals surface area contributed by atoms with E-state index < -0.39 is 32.2 Å². The molecular weight excluding hydrogens is 452 g/mol. The van der Waals surface area contributed by atoms with Crippen LogP contribution in [0.1, 0.15) is 47.1 Å². The number of carbonyl (C=O) groups excluding carboxylic acids is 1. The lowest BCUT2D eigenvalue weighted by Crippen LogP contribution is -2.45. The van der Waals surface area contributed by atoms with Crippen LogP contribution < -0.4 is 0 Å². The number of hydrogen-bond acceptors (Lipinski definition) is 7. The van der Waals surface area contributed by atoms with Crippen LogP contribution in [0.15, 0.2) is 30.3 Å². The van der Waals surface area contributed by atoms with Crippen LogP contribution >= 0.6 is 0 Å². The molecule has 0 amide bonds. The third kappa shape index (κ3) is 8.14. The lowest BCUT2D eigenvalue weighted by molar-refractivity contribution is -0.203. The minimum atomic E-state index is -2.02. The molecule has 4 atom stereocenters. The van der Waals surface area contributed by atoms with Gasteiger partial charge in [0.15, 0.2) is 14.6 Å². The van der Waals surface area contributed by atoms with Gasteiger partial charge in [-0.1, -0.05) is 51.1 Å². The summed E-state index contributed by atoms with van der Waals surface area (Å²) in [5.74, 6) is -0.457. The topological polar surface area (TPSA) is 72.5 Å². The van der Waals surface area contributed by atoms with Crippen LogP contribution in [0.25, 0.3) is 0 Å². The number of ether oxygens (including phenoxy) is 5. The van der Waals surface area contributed by atoms with Gasteiger partial charge in [0, 0.05) is 19.6 Å². The molecule has 1 aliphatic rings. The zero-order valence-corrected chi connectivity index (χ0v) is 23.4. The number of benzene rings is 1. The Bertz CT molecular complexity index is 755. The van der Waals surface area contributed by atoms with Crippen LogP contribution in [0.3, 0.4) is 0 Å². The highest BCUT2D eigenvalue weighted by atomic mass is 28.4. The summed E-state index contributed by atoms with van der Waals surface area (Å²) in [7, 11) is -0.439. The Balaban J connectivity index is 2.20. The molecule has 0 N–H and O–H groups in total. The predicted molar refractivity (Wildman–Crippen MR) is 134 cm³/mol. The van der Waals surface area contributed by atoms with Crippen LogP contribution in [-0.2, 0) is 39.5 Å². The molecule has 0 saturated carbocycles. The van der Waals surface area contributed by atoms with Gasteiger partial charge in [0.25, 0.3) is 0 Å². The second-order valence-electron chi connectivity index (χ2n) is 11.5. The van der Waals surface area contributed by atoms with Gasteiger partial charge in [0.1, 0.15) is 25.6 Å². The van der Waals surface area contributed by atoms with Gasteiger partial charge in [0.05, 0.1) is 12.0 Å². The molecule has 1 aromatic rings. The Morgan fingerprint density at radius 2 is 1.65 bits per heavy atom. The molecule has 0 bridgehead atoms. The molecular formula is C26H44O7Si. The molecule has 1 heterocycles. The Morgan fingerprint density at radius 3 is 2.21 bits per heavy atom. The summed E-state index contributed by atoms with van der Waals surface area (Å²) in [5, 5.41) is 0.0623. The summed E-state index contributed by atoms with van der Waals surface area (Å²) >= 11 is 0. The summed E-state index contributed by atoms with van der Waals surface area (Å²) in [6, 6.07) is 9.91. The fraction of sp³-hybridized carbons (Fsp3) is 0.731. The van der Waals surface area contributed by atoms with E-state index in [4.69, 9.17) is 28.1 Å². The summed E-state index contributed by atoms with van der Waals surface area (Å²) in [6.45, 7) is 17.6. The molecule has 0 radical (unpaired) electrons. The molecule has 2 rings (SSSR count). The number of hydrogen-bond donors (Lipinski definition) is 0. The maximum Gasteiger partial charge on any atom is 0.311 e. The molecule has 1 aliphatic heterocycles. The number of methoxy groups -OCH3 is 1. The van der Waals surface area contributed by atoms with Crippen LogP contribution in [0.4, 0.5) is 0 Å². The van der Waals surface area contributed by atoms with Gasteiger partial charge in [-0.05, 0) is 44.5 Å². The average Bonchev–Trinajstić information content (AvgIpc) is 3.08. The van der Waals surface area contributed by atoms with E-state index in [1.807, 2.05) is 51.1 Å². The molecule has 8 heteroatoms. The van der Waals surface area contributed by atoms with Crippen molar-refractivity contribution in [1.82, 2.24) is 0 Å². The number of carbonyl (C=O) groups is 1. The molecule has 7 nitrogen and oxygen atoms in total. The van der Waals surface area contributed by atoms with Crippen LogP contribution in [0.5, 0.6) is 0 Å². The molecule has 0 aliphatic carbocycles. The first-order valence-corrected chi connectivity index (χ1v) is 14.9. The minimum absolute atomic E-state index is 0.0623. The summed E-state index contributed by atoms with van der Waals surface area (Å²) in [6.07, 6.45) is -1.48. The Morgan fingerprint density at radius 1 is 1.00 bits per heavy atom. The van der Waals surface area contributed by atoms with Crippen LogP contribution in [0.2, 0.25) is 18.1 Å². The van der Waals surface area contributed by atoms with Gasteiger partial charge in [0.2, 0.25) is 0 Å².